The molecule has 6 heteroatoms. The Balaban J connectivity index is 1.80. The summed E-state index contributed by atoms with van der Waals surface area (Å²) < 4.78 is 1.03. The van der Waals surface area contributed by atoms with Gasteiger partial charge in [-0.1, -0.05) is 28.1 Å². The minimum Gasteiger partial charge on any atom is -0.477 e. The number of halogens is 1. The summed E-state index contributed by atoms with van der Waals surface area (Å²) in [4.78, 5) is 13.3. The van der Waals surface area contributed by atoms with E-state index in [1.54, 1.807) is 6.07 Å². The molecule has 1 aliphatic heterocycles. The molecule has 0 spiro atoms. The molecule has 110 valence electrons. The molecule has 1 fully saturated rings. The lowest BCUT2D eigenvalue weighted by Gasteiger charge is -2.16. The van der Waals surface area contributed by atoms with Crippen molar-refractivity contribution in [2.75, 3.05) is 13.1 Å². The van der Waals surface area contributed by atoms with Crippen LogP contribution in [0.15, 0.2) is 28.7 Å². The molecule has 0 unspecified atom stereocenters. The quantitative estimate of drug-likeness (QED) is 0.889. The van der Waals surface area contributed by atoms with Gasteiger partial charge >= 0.3 is 5.97 Å². The summed E-state index contributed by atoms with van der Waals surface area (Å²) in [5.41, 5.74) is 2.88. The van der Waals surface area contributed by atoms with Crippen LogP contribution in [0.2, 0.25) is 0 Å². The van der Waals surface area contributed by atoms with E-state index in [1.165, 1.54) is 18.4 Å². The Labute approximate surface area is 131 Å². The molecule has 0 amide bonds. The Kier molecular flexibility index (Phi) is 4.07. The third-order valence-corrected chi connectivity index (χ3v) is 4.49. The van der Waals surface area contributed by atoms with Crippen LogP contribution in [0.1, 0.15) is 28.9 Å². The Hall–Kier alpha value is -1.66. The third kappa shape index (κ3) is 3.16. The van der Waals surface area contributed by atoms with E-state index >= 15 is 0 Å². The lowest BCUT2D eigenvalue weighted by Crippen LogP contribution is -2.18. The zero-order valence-electron chi connectivity index (χ0n) is 11.5. The van der Waals surface area contributed by atoms with Crippen LogP contribution in [0.5, 0.6) is 0 Å². The van der Waals surface area contributed by atoms with Gasteiger partial charge in [0, 0.05) is 16.6 Å². The Morgan fingerprint density at radius 1 is 1.33 bits per heavy atom. The molecule has 5 nitrogen and oxygen atoms in total. The van der Waals surface area contributed by atoms with Gasteiger partial charge in [0.2, 0.25) is 0 Å². The molecule has 21 heavy (non-hydrogen) atoms. The summed E-state index contributed by atoms with van der Waals surface area (Å²) in [5.74, 6) is -1.00. The molecule has 0 radical (unpaired) electrons. The summed E-state index contributed by atoms with van der Waals surface area (Å²) in [7, 11) is 0. The first-order valence-electron chi connectivity index (χ1n) is 6.93. The number of rotatable bonds is 4. The van der Waals surface area contributed by atoms with Gasteiger partial charge in [0.15, 0.2) is 0 Å². The van der Waals surface area contributed by atoms with Crippen LogP contribution >= 0.6 is 15.9 Å². The highest BCUT2D eigenvalue weighted by molar-refractivity contribution is 9.10. The Morgan fingerprint density at radius 3 is 2.71 bits per heavy atom. The molecule has 0 aliphatic carbocycles. The topological polar surface area (TPSA) is 69.2 Å². The number of benzene rings is 1. The fourth-order valence-corrected chi connectivity index (χ4v) is 3.10. The van der Waals surface area contributed by atoms with Crippen LogP contribution < -0.4 is 0 Å². The predicted octanol–water partition coefficient (Wildman–Crippen LogP) is 3.13. The second kappa shape index (κ2) is 5.99. The molecule has 3 rings (SSSR count). The molecule has 1 saturated heterocycles. The van der Waals surface area contributed by atoms with Gasteiger partial charge in [0.05, 0.1) is 5.69 Å². The summed E-state index contributed by atoms with van der Waals surface area (Å²) in [6.07, 6.45) is 2.56. The first-order valence-corrected chi connectivity index (χ1v) is 7.72. The highest BCUT2D eigenvalue weighted by atomic mass is 79.9. The predicted molar refractivity (Wildman–Crippen MR) is 83.2 cm³/mol. The van der Waals surface area contributed by atoms with Gasteiger partial charge < -0.3 is 5.11 Å². The molecule has 2 heterocycles. The van der Waals surface area contributed by atoms with Crippen molar-refractivity contribution in [1.29, 1.82) is 0 Å². The maximum atomic E-state index is 10.9. The van der Waals surface area contributed by atoms with Crippen molar-refractivity contribution in [2.24, 2.45) is 0 Å². The number of nitrogens with zero attached hydrogens (tertiary/aromatic N) is 2. The average Bonchev–Trinajstić information content (AvgIpc) is 3.12. The van der Waals surface area contributed by atoms with Crippen molar-refractivity contribution in [2.45, 2.75) is 19.4 Å². The van der Waals surface area contributed by atoms with Crippen molar-refractivity contribution in [3.8, 4) is 11.3 Å². The van der Waals surface area contributed by atoms with E-state index in [4.69, 9.17) is 5.11 Å². The Bertz CT molecular complexity index is 663. The van der Waals surface area contributed by atoms with Crippen molar-refractivity contribution in [3.63, 3.8) is 0 Å². The molecule has 1 aliphatic rings. The van der Waals surface area contributed by atoms with E-state index in [9.17, 15) is 4.79 Å². The van der Waals surface area contributed by atoms with Gasteiger partial charge in [-0.2, -0.15) is 5.10 Å². The standard InChI is InChI=1S/C15H16BrN3O2/c16-12-7-10(13-8-14(15(20)21)18-17-13)3-4-11(12)9-19-5-1-2-6-19/h3-4,7-8H,1-2,5-6,9H2,(H,17,18)(H,20,21). The largest absolute Gasteiger partial charge is 0.477 e. The van der Waals surface area contributed by atoms with Crippen molar-refractivity contribution >= 4 is 21.9 Å². The molecule has 0 bridgehead atoms. The maximum absolute atomic E-state index is 10.9. The average molecular weight is 350 g/mol. The highest BCUT2D eigenvalue weighted by Crippen LogP contribution is 2.27. The van der Waals surface area contributed by atoms with Gasteiger partial charge in [0.1, 0.15) is 5.69 Å². The minimum absolute atomic E-state index is 0.0993. The summed E-state index contributed by atoms with van der Waals surface area (Å²) in [6.45, 7) is 3.27. The van der Waals surface area contributed by atoms with Crippen molar-refractivity contribution in [3.05, 3.63) is 40.0 Å². The maximum Gasteiger partial charge on any atom is 0.353 e. The fraction of sp³-hybridized carbons (Fsp3) is 0.333. The highest BCUT2D eigenvalue weighted by Gasteiger charge is 2.14. The van der Waals surface area contributed by atoms with E-state index in [0.29, 0.717) is 5.69 Å². The third-order valence-electron chi connectivity index (χ3n) is 3.75. The monoisotopic (exact) mass is 349 g/mol. The number of hydrogen-bond acceptors (Lipinski definition) is 3. The molecule has 0 atom stereocenters. The minimum atomic E-state index is -1.00. The number of hydrogen-bond donors (Lipinski definition) is 2. The van der Waals surface area contributed by atoms with Gasteiger partial charge in [-0.3, -0.25) is 10.00 Å². The molecule has 2 aromatic rings. The summed E-state index contributed by atoms with van der Waals surface area (Å²) >= 11 is 3.61. The molecule has 1 aromatic carbocycles. The number of carboxylic acid groups (broad SMARTS) is 1. The number of H-pyrrole nitrogens is 1. The van der Waals surface area contributed by atoms with Crippen LogP contribution in [0.25, 0.3) is 11.3 Å². The smallest absolute Gasteiger partial charge is 0.353 e. The van der Waals surface area contributed by atoms with E-state index in [-0.39, 0.29) is 5.69 Å². The first-order chi connectivity index (χ1) is 10.1. The fourth-order valence-electron chi connectivity index (χ4n) is 2.60. The zero-order valence-corrected chi connectivity index (χ0v) is 13.1. The van der Waals surface area contributed by atoms with Gasteiger partial charge in [-0.05, 0) is 43.6 Å². The van der Waals surface area contributed by atoms with E-state index in [1.807, 2.05) is 12.1 Å². The number of carboxylic acids is 1. The number of aromatic amines is 1. The van der Waals surface area contributed by atoms with Crippen molar-refractivity contribution in [1.82, 2.24) is 15.1 Å². The number of nitrogens with one attached hydrogen (secondary N) is 1. The number of aromatic nitrogens is 2. The SMILES string of the molecule is O=C(O)c1cc(-c2ccc(CN3CCCC3)c(Br)c2)n[nH]1. The van der Waals surface area contributed by atoms with E-state index < -0.39 is 5.97 Å². The van der Waals surface area contributed by atoms with Crippen molar-refractivity contribution < 1.29 is 9.90 Å². The van der Waals surface area contributed by atoms with Gasteiger partial charge in [-0.15, -0.1) is 0 Å². The van der Waals surface area contributed by atoms with Crippen LogP contribution in [0.4, 0.5) is 0 Å². The molecular formula is C15H16BrN3O2. The van der Waals surface area contributed by atoms with Gasteiger partial charge in [0.25, 0.3) is 0 Å². The number of carbonyl (C=O) groups is 1. The van der Waals surface area contributed by atoms with E-state index in [0.717, 1.165) is 29.7 Å². The van der Waals surface area contributed by atoms with Gasteiger partial charge in [-0.25, -0.2) is 4.79 Å². The molecule has 0 saturated carbocycles. The second-order valence-corrected chi connectivity index (χ2v) is 6.12. The summed E-state index contributed by atoms with van der Waals surface area (Å²) in [6, 6.07) is 7.60. The number of likely N-dealkylation sites (tertiary alicyclic amines) is 1. The molecule has 1 aromatic heterocycles. The summed E-state index contributed by atoms with van der Waals surface area (Å²) in [5, 5.41) is 15.5. The van der Waals surface area contributed by atoms with Crippen LogP contribution in [0, 0.1) is 0 Å². The Morgan fingerprint density at radius 2 is 2.10 bits per heavy atom. The first kappa shape index (κ1) is 14.3. The molecular weight excluding hydrogens is 334 g/mol. The lowest BCUT2D eigenvalue weighted by molar-refractivity contribution is 0.0690. The van der Waals surface area contributed by atoms with E-state index in [2.05, 4.69) is 37.1 Å². The number of aromatic carboxylic acids is 1. The molecule has 2 N–H and O–H groups in total. The van der Waals surface area contributed by atoms with Crippen LogP contribution in [-0.2, 0) is 6.54 Å². The normalized spacial score (nSPS) is 15.5. The second-order valence-electron chi connectivity index (χ2n) is 5.26. The zero-order chi connectivity index (χ0) is 14.8. The van der Waals surface area contributed by atoms with Crippen LogP contribution in [0.3, 0.4) is 0 Å². The lowest BCUT2D eigenvalue weighted by atomic mass is 10.1. The van der Waals surface area contributed by atoms with Crippen LogP contribution in [-0.4, -0.2) is 39.3 Å².